The number of ether oxygens (including phenoxy) is 2. The third-order valence-corrected chi connectivity index (χ3v) is 4.09. The molecule has 1 heterocycles. The molecule has 2 N–H and O–H groups in total. The standard InChI is InChI=1S/C18H22N2O2/c1-20(2)16-6-3-13(4-7-16)9-15(11-19)14-5-8-17-18(10-14)22-12-21-17/h3-8,10,15H,9,11-12,19H2,1-2H3. The average molecular weight is 298 g/mol. The zero-order valence-electron chi connectivity index (χ0n) is 13.1. The van der Waals surface area contributed by atoms with Crippen LogP contribution >= 0.6 is 0 Å². The second-order valence-corrected chi connectivity index (χ2v) is 5.81. The van der Waals surface area contributed by atoms with E-state index >= 15 is 0 Å². The molecule has 116 valence electrons. The molecule has 0 aromatic heterocycles. The van der Waals surface area contributed by atoms with Crippen molar-refractivity contribution >= 4 is 5.69 Å². The highest BCUT2D eigenvalue weighted by Gasteiger charge is 2.17. The van der Waals surface area contributed by atoms with Crippen LogP contribution in [0.2, 0.25) is 0 Å². The molecule has 0 saturated heterocycles. The predicted molar refractivity (Wildman–Crippen MR) is 88.8 cm³/mol. The fourth-order valence-corrected chi connectivity index (χ4v) is 2.72. The molecule has 4 heteroatoms. The minimum atomic E-state index is 0.278. The van der Waals surface area contributed by atoms with Crippen LogP contribution in [0.3, 0.4) is 0 Å². The number of hydrogen-bond donors (Lipinski definition) is 1. The van der Waals surface area contributed by atoms with Gasteiger partial charge < -0.3 is 20.1 Å². The summed E-state index contributed by atoms with van der Waals surface area (Å²) in [6.45, 7) is 0.910. The molecule has 0 bridgehead atoms. The van der Waals surface area contributed by atoms with Gasteiger partial charge in [0.25, 0.3) is 0 Å². The first-order valence-electron chi connectivity index (χ1n) is 7.53. The number of fused-ring (bicyclic) bond motifs is 1. The monoisotopic (exact) mass is 298 g/mol. The number of benzene rings is 2. The van der Waals surface area contributed by atoms with Crippen molar-refractivity contribution in [2.75, 3.05) is 32.3 Å². The van der Waals surface area contributed by atoms with Gasteiger partial charge >= 0.3 is 0 Å². The molecule has 1 aliphatic heterocycles. The Labute approximate surface area is 131 Å². The van der Waals surface area contributed by atoms with Gasteiger partial charge in [0, 0.05) is 25.7 Å². The van der Waals surface area contributed by atoms with Gasteiger partial charge in [-0.25, -0.2) is 0 Å². The van der Waals surface area contributed by atoms with Crippen LogP contribution in [0, 0.1) is 0 Å². The van der Waals surface area contributed by atoms with E-state index in [1.165, 1.54) is 16.8 Å². The van der Waals surface area contributed by atoms with Crippen molar-refractivity contribution in [1.82, 2.24) is 0 Å². The molecular weight excluding hydrogens is 276 g/mol. The molecule has 1 unspecified atom stereocenters. The summed E-state index contributed by atoms with van der Waals surface area (Å²) in [5, 5.41) is 0. The largest absolute Gasteiger partial charge is 0.454 e. The highest BCUT2D eigenvalue weighted by atomic mass is 16.7. The first-order chi connectivity index (χ1) is 10.7. The van der Waals surface area contributed by atoms with Crippen molar-refractivity contribution in [3.63, 3.8) is 0 Å². The Kier molecular flexibility index (Phi) is 4.20. The maximum absolute atomic E-state index is 6.00. The molecule has 0 fully saturated rings. The van der Waals surface area contributed by atoms with E-state index in [9.17, 15) is 0 Å². The minimum Gasteiger partial charge on any atom is -0.454 e. The lowest BCUT2D eigenvalue weighted by molar-refractivity contribution is 0.174. The summed E-state index contributed by atoms with van der Waals surface area (Å²) in [6, 6.07) is 14.7. The molecule has 0 aliphatic carbocycles. The van der Waals surface area contributed by atoms with Crippen molar-refractivity contribution in [3.8, 4) is 11.5 Å². The molecule has 4 nitrogen and oxygen atoms in total. The molecule has 2 aromatic rings. The molecule has 0 spiro atoms. The van der Waals surface area contributed by atoms with Crippen LogP contribution in [0.25, 0.3) is 0 Å². The number of nitrogens with two attached hydrogens (primary N) is 1. The summed E-state index contributed by atoms with van der Waals surface area (Å²) < 4.78 is 10.8. The number of hydrogen-bond acceptors (Lipinski definition) is 4. The highest BCUT2D eigenvalue weighted by molar-refractivity contribution is 5.47. The topological polar surface area (TPSA) is 47.7 Å². The Bertz CT molecular complexity index is 638. The van der Waals surface area contributed by atoms with E-state index < -0.39 is 0 Å². The zero-order chi connectivity index (χ0) is 15.5. The van der Waals surface area contributed by atoms with Gasteiger partial charge in [-0.2, -0.15) is 0 Å². The summed E-state index contributed by atoms with van der Waals surface area (Å²) in [5.74, 6) is 1.91. The van der Waals surface area contributed by atoms with Crippen LogP contribution < -0.4 is 20.1 Å². The van der Waals surface area contributed by atoms with Crippen LogP contribution in [-0.2, 0) is 6.42 Å². The van der Waals surface area contributed by atoms with Gasteiger partial charge in [-0.15, -0.1) is 0 Å². The van der Waals surface area contributed by atoms with E-state index in [1.54, 1.807) is 0 Å². The van der Waals surface area contributed by atoms with E-state index in [4.69, 9.17) is 15.2 Å². The van der Waals surface area contributed by atoms with Crippen LogP contribution in [-0.4, -0.2) is 27.4 Å². The molecule has 1 aliphatic rings. The molecule has 0 amide bonds. The average Bonchev–Trinajstić information content (AvgIpc) is 3.00. The first kappa shape index (κ1) is 14.7. The molecule has 1 atom stereocenters. The Hall–Kier alpha value is -2.20. The highest BCUT2D eigenvalue weighted by Crippen LogP contribution is 2.35. The fourth-order valence-electron chi connectivity index (χ4n) is 2.72. The summed E-state index contributed by atoms with van der Waals surface area (Å²) >= 11 is 0. The minimum absolute atomic E-state index is 0.278. The fraction of sp³-hybridized carbons (Fsp3) is 0.333. The van der Waals surface area contributed by atoms with Crippen molar-refractivity contribution in [2.24, 2.45) is 5.73 Å². The lowest BCUT2D eigenvalue weighted by Crippen LogP contribution is -2.15. The van der Waals surface area contributed by atoms with Gasteiger partial charge in [0.15, 0.2) is 11.5 Å². The number of nitrogens with zero attached hydrogens (tertiary/aromatic N) is 1. The molecule has 22 heavy (non-hydrogen) atoms. The lowest BCUT2D eigenvalue weighted by Gasteiger charge is -2.17. The quantitative estimate of drug-likeness (QED) is 0.922. The van der Waals surface area contributed by atoms with Crippen LogP contribution in [0.4, 0.5) is 5.69 Å². The Balaban J connectivity index is 1.76. The van der Waals surface area contributed by atoms with Crippen LogP contribution in [0.1, 0.15) is 17.0 Å². The second-order valence-electron chi connectivity index (χ2n) is 5.81. The van der Waals surface area contributed by atoms with Crippen LogP contribution in [0.15, 0.2) is 42.5 Å². The van der Waals surface area contributed by atoms with E-state index in [0.29, 0.717) is 13.3 Å². The van der Waals surface area contributed by atoms with Crippen molar-refractivity contribution < 1.29 is 9.47 Å². The smallest absolute Gasteiger partial charge is 0.231 e. The molecule has 3 rings (SSSR count). The second kappa shape index (κ2) is 6.28. The van der Waals surface area contributed by atoms with Crippen molar-refractivity contribution in [1.29, 1.82) is 0 Å². The molecular formula is C18H22N2O2. The van der Waals surface area contributed by atoms with Gasteiger partial charge in [-0.3, -0.25) is 0 Å². The Morgan fingerprint density at radius 2 is 1.77 bits per heavy atom. The zero-order valence-corrected chi connectivity index (χ0v) is 13.1. The molecule has 2 aromatic carbocycles. The van der Waals surface area contributed by atoms with Crippen molar-refractivity contribution in [2.45, 2.75) is 12.3 Å². The summed E-state index contributed by atoms with van der Waals surface area (Å²) in [6.07, 6.45) is 0.920. The lowest BCUT2D eigenvalue weighted by atomic mass is 9.91. The summed E-state index contributed by atoms with van der Waals surface area (Å²) in [4.78, 5) is 2.10. The number of rotatable bonds is 5. The first-order valence-corrected chi connectivity index (χ1v) is 7.53. The van der Waals surface area contributed by atoms with E-state index in [2.05, 4.69) is 35.2 Å². The van der Waals surface area contributed by atoms with Gasteiger partial charge in [0.05, 0.1) is 0 Å². The normalized spacial score (nSPS) is 14.0. The summed E-state index contributed by atoms with van der Waals surface area (Å²) in [5.41, 5.74) is 9.69. The van der Waals surface area contributed by atoms with Gasteiger partial charge in [-0.05, 0) is 48.4 Å². The Morgan fingerprint density at radius 1 is 1.05 bits per heavy atom. The van der Waals surface area contributed by atoms with Gasteiger partial charge in [-0.1, -0.05) is 18.2 Å². The maximum atomic E-state index is 6.00. The van der Waals surface area contributed by atoms with E-state index in [0.717, 1.165) is 17.9 Å². The predicted octanol–water partition coefficient (Wildman–Crippen LogP) is 2.77. The third kappa shape index (κ3) is 3.02. The van der Waals surface area contributed by atoms with Gasteiger partial charge in [0.2, 0.25) is 6.79 Å². The Morgan fingerprint density at radius 3 is 2.45 bits per heavy atom. The SMILES string of the molecule is CN(C)c1ccc(CC(CN)c2ccc3c(c2)OCO3)cc1. The van der Waals surface area contributed by atoms with Crippen LogP contribution in [0.5, 0.6) is 11.5 Å². The summed E-state index contributed by atoms with van der Waals surface area (Å²) in [7, 11) is 4.09. The van der Waals surface area contributed by atoms with E-state index in [1.807, 2.05) is 26.2 Å². The molecule has 0 saturated carbocycles. The third-order valence-electron chi connectivity index (χ3n) is 4.09. The molecule has 0 radical (unpaired) electrons. The van der Waals surface area contributed by atoms with E-state index in [-0.39, 0.29) is 5.92 Å². The van der Waals surface area contributed by atoms with Gasteiger partial charge in [0.1, 0.15) is 0 Å². The van der Waals surface area contributed by atoms with Crippen molar-refractivity contribution in [3.05, 3.63) is 53.6 Å². The maximum Gasteiger partial charge on any atom is 0.231 e. The number of anilines is 1.